The molecule has 1 aromatic rings. The molecule has 2 N–H and O–H groups in total. The van der Waals surface area contributed by atoms with Gasteiger partial charge in [-0.15, -0.1) is 0 Å². The third-order valence-corrected chi connectivity index (χ3v) is 5.08. The molecule has 1 fully saturated rings. The Morgan fingerprint density at radius 1 is 1.19 bits per heavy atom. The van der Waals surface area contributed by atoms with Crippen LogP contribution in [0.25, 0.3) is 0 Å². The lowest BCUT2D eigenvalue weighted by atomic mass is 9.95. The zero-order valence-electron chi connectivity index (χ0n) is 13.9. The molecule has 1 aliphatic heterocycles. The summed E-state index contributed by atoms with van der Waals surface area (Å²) < 4.78 is 0. The van der Waals surface area contributed by atoms with Crippen molar-refractivity contribution in [1.29, 1.82) is 0 Å². The lowest BCUT2D eigenvalue weighted by Crippen LogP contribution is -2.22. The molecule has 118 valence electrons. The zero-order valence-corrected chi connectivity index (χ0v) is 14.7. The van der Waals surface area contributed by atoms with Gasteiger partial charge >= 0.3 is 0 Å². The van der Waals surface area contributed by atoms with Crippen molar-refractivity contribution in [2.75, 3.05) is 29.5 Å². The third kappa shape index (κ3) is 4.25. The average Bonchev–Trinajstić information content (AvgIpc) is 2.91. The molecule has 0 saturated carbocycles. The Bertz CT molecular complexity index is 476. The van der Waals surface area contributed by atoms with Crippen LogP contribution in [0.2, 0.25) is 0 Å². The lowest BCUT2D eigenvalue weighted by molar-refractivity contribution is 0.546. The van der Waals surface area contributed by atoms with Crippen LogP contribution in [0.1, 0.15) is 51.9 Å². The van der Waals surface area contributed by atoms with Crippen LogP contribution in [0.5, 0.6) is 0 Å². The fourth-order valence-corrected chi connectivity index (χ4v) is 3.58. The summed E-state index contributed by atoms with van der Waals surface area (Å²) in [5.74, 6) is 4.13. The molecule has 0 bridgehead atoms. The van der Waals surface area contributed by atoms with Gasteiger partial charge in [-0.05, 0) is 32.4 Å². The van der Waals surface area contributed by atoms with Gasteiger partial charge in [-0.1, -0.05) is 20.8 Å². The number of thioether (sulfide) groups is 1. The van der Waals surface area contributed by atoms with Crippen LogP contribution >= 0.6 is 11.8 Å². The molecule has 2 rings (SSSR count). The largest absolute Gasteiger partial charge is 0.370 e. The molecule has 0 aromatic carbocycles. The quantitative estimate of drug-likeness (QED) is 0.866. The topological polar surface area (TPSA) is 49.8 Å². The summed E-state index contributed by atoms with van der Waals surface area (Å²) in [4.78, 5) is 9.48. The van der Waals surface area contributed by atoms with Crippen LogP contribution in [-0.2, 0) is 5.41 Å². The summed E-state index contributed by atoms with van der Waals surface area (Å²) in [6.45, 7) is 12.5. The maximum Gasteiger partial charge on any atom is 0.138 e. The van der Waals surface area contributed by atoms with Crippen LogP contribution < -0.4 is 10.6 Å². The van der Waals surface area contributed by atoms with E-state index in [-0.39, 0.29) is 5.41 Å². The first-order chi connectivity index (χ1) is 9.91. The van der Waals surface area contributed by atoms with Crippen molar-refractivity contribution in [2.45, 2.75) is 58.1 Å². The summed E-state index contributed by atoms with van der Waals surface area (Å²) in [6, 6.07) is 0. The van der Waals surface area contributed by atoms with E-state index in [1.54, 1.807) is 0 Å². The monoisotopic (exact) mass is 308 g/mol. The fourth-order valence-electron chi connectivity index (χ4n) is 2.38. The Morgan fingerprint density at radius 2 is 1.86 bits per heavy atom. The highest BCUT2D eigenvalue weighted by Crippen LogP contribution is 2.29. The molecule has 1 saturated heterocycles. The van der Waals surface area contributed by atoms with Crippen molar-refractivity contribution < 1.29 is 0 Å². The van der Waals surface area contributed by atoms with Gasteiger partial charge in [0.1, 0.15) is 17.5 Å². The maximum absolute atomic E-state index is 4.78. The smallest absolute Gasteiger partial charge is 0.138 e. The molecule has 1 atom stereocenters. The standard InChI is InChI=1S/C16H28N4S/c1-6-17-13-11(2)14(18-10-12-8-7-9-21-12)20-15(19-13)16(3,4)5/h12H,6-10H2,1-5H3,(H2,17,18,19,20). The average molecular weight is 308 g/mol. The number of anilines is 2. The molecule has 4 nitrogen and oxygen atoms in total. The summed E-state index contributed by atoms with van der Waals surface area (Å²) in [5.41, 5.74) is 1.07. The van der Waals surface area contributed by atoms with E-state index in [9.17, 15) is 0 Å². The van der Waals surface area contributed by atoms with E-state index in [1.165, 1.54) is 18.6 Å². The van der Waals surface area contributed by atoms with Crippen LogP contribution in [0.3, 0.4) is 0 Å². The molecular formula is C16H28N4S. The second-order valence-electron chi connectivity index (χ2n) is 6.67. The number of nitrogens with zero attached hydrogens (tertiary/aromatic N) is 2. The van der Waals surface area contributed by atoms with Crippen molar-refractivity contribution in [3.8, 4) is 0 Å². The van der Waals surface area contributed by atoms with Crippen molar-refractivity contribution in [3.05, 3.63) is 11.4 Å². The first kappa shape index (κ1) is 16.4. The van der Waals surface area contributed by atoms with Gasteiger partial charge in [0.15, 0.2) is 0 Å². The van der Waals surface area contributed by atoms with E-state index in [4.69, 9.17) is 9.97 Å². The highest BCUT2D eigenvalue weighted by atomic mass is 32.2. The first-order valence-electron chi connectivity index (χ1n) is 7.90. The van der Waals surface area contributed by atoms with Gasteiger partial charge in [-0.2, -0.15) is 11.8 Å². The summed E-state index contributed by atoms with van der Waals surface area (Å²) >= 11 is 2.07. The number of rotatable bonds is 5. The molecule has 0 aliphatic carbocycles. The van der Waals surface area contributed by atoms with Gasteiger partial charge in [0.2, 0.25) is 0 Å². The van der Waals surface area contributed by atoms with Crippen molar-refractivity contribution in [2.24, 2.45) is 0 Å². The van der Waals surface area contributed by atoms with E-state index in [0.29, 0.717) is 0 Å². The van der Waals surface area contributed by atoms with Crippen molar-refractivity contribution >= 4 is 23.4 Å². The number of hydrogen-bond donors (Lipinski definition) is 2. The summed E-state index contributed by atoms with van der Waals surface area (Å²) in [7, 11) is 0. The van der Waals surface area contributed by atoms with Crippen molar-refractivity contribution in [1.82, 2.24) is 9.97 Å². The second kappa shape index (κ2) is 6.86. The van der Waals surface area contributed by atoms with Crippen LogP contribution in [0.15, 0.2) is 0 Å². The molecule has 2 heterocycles. The Hall–Kier alpha value is -0.970. The minimum absolute atomic E-state index is 0.0452. The van der Waals surface area contributed by atoms with Crippen molar-refractivity contribution in [3.63, 3.8) is 0 Å². The van der Waals surface area contributed by atoms with E-state index < -0.39 is 0 Å². The Balaban J connectivity index is 2.22. The van der Waals surface area contributed by atoms with Gasteiger partial charge in [0.25, 0.3) is 0 Å². The molecular weight excluding hydrogens is 280 g/mol. The Labute approximate surface area is 132 Å². The van der Waals surface area contributed by atoms with Crippen LogP contribution in [0.4, 0.5) is 11.6 Å². The zero-order chi connectivity index (χ0) is 15.5. The molecule has 5 heteroatoms. The van der Waals surface area contributed by atoms with Crippen LogP contribution in [0, 0.1) is 6.92 Å². The van der Waals surface area contributed by atoms with E-state index >= 15 is 0 Å². The number of nitrogens with one attached hydrogen (secondary N) is 2. The molecule has 0 spiro atoms. The first-order valence-corrected chi connectivity index (χ1v) is 8.95. The highest BCUT2D eigenvalue weighted by molar-refractivity contribution is 8.00. The normalized spacial score (nSPS) is 18.8. The number of aromatic nitrogens is 2. The molecule has 0 amide bonds. The molecule has 21 heavy (non-hydrogen) atoms. The third-order valence-electron chi connectivity index (χ3n) is 3.68. The van der Waals surface area contributed by atoms with E-state index in [1.807, 2.05) is 0 Å². The van der Waals surface area contributed by atoms with E-state index in [0.717, 1.165) is 41.4 Å². The Kier molecular flexibility index (Phi) is 5.36. The van der Waals surface area contributed by atoms with Crippen LogP contribution in [-0.4, -0.2) is 34.1 Å². The molecule has 1 aliphatic rings. The summed E-state index contributed by atoms with van der Waals surface area (Å²) in [6.07, 6.45) is 2.66. The summed E-state index contributed by atoms with van der Waals surface area (Å²) in [5, 5.41) is 7.64. The SMILES string of the molecule is CCNc1nc(C(C)(C)C)nc(NCC2CCCS2)c1C. The van der Waals surface area contributed by atoms with Gasteiger partial charge in [-0.25, -0.2) is 9.97 Å². The van der Waals surface area contributed by atoms with E-state index in [2.05, 4.69) is 57.0 Å². The number of hydrogen-bond acceptors (Lipinski definition) is 5. The molecule has 1 unspecified atom stereocenters. The fraction of sp³-hybridized carbons (Fsp3) is 0.750. The minimum Gasteiger partial charge on any atom is -0.370 e. The van der Waals surface area contributed by atoms with Gasteiger partial charge in [-0.3, -0.25) is 0 Å². The molecule has 0 radical (unpaired) electrons. The minimum atomic E-state index is -0.0452. The predicted octanol–water partition coefficient (Wildman–Crippen LogP) is 3.82. The predicted molar refractivity (Wildman–Crippen MR) is 93.6 cm³/mol. The highest BCUT2D eigenvalue weighted by Gasteiger charge is 2.22. The maximum atomic E-state index is 4.78. The Morgan fingerprint density at radius 3 is 2.38 bits per heavy atom. The second-order valence-corrected chi connectivity index (χ2v) is 8.07. The van der Waals surface area contributed by atoms with Gasteiger partial charge < -0.3 is 10.6 Å². The van der Waals surface area contributed by atoms with Gasteiger partial charge in [0, 0.05) is 29.3 Å². The lowest BCUT2D eigenvalue weighted by Gasteiger charge is -2.22. The molecule has 1 aromatic heterocycles. The van der Waals surface area contributed by atoms with Gasteiger partial charge in [0.05, 0.1) is 0 Å².